The number of urea groups is 1. The quantitative estimate of drug-likeness (QED) is 0.817. The topological polar surface area (TPSA) is 91.4 Å². The third kappa shape index (κ3) is 2.93. The minimum Gasteiger partial charge on any atom is -0.323 e. The third-order valence-electron chi connectivity index (χ3n) is 5.71. The van der Waals surface area contributed by atoms with Crippen molar-refractivity contribution in [2.75, 3.05) is 11.9 Å². The van der Waals surface area contributed by atoms with Gasteiger partial charge in [0.25, 0.3) is 5.91 Å². The van der Waals surface area contributed by atoms with Crippen LogP contribution in [0.15, 0.2) is 36.5 Å². The van der Waals surface area contributed by atoms with Crippen LogP contribution in [0.4, 0.5) is 10.5 Å². The van der Waals surface area contributed by atoms with E-state index in [-0.39, 0.29) is 18.4 Å². The zero-order chi connectivity index (χ0) is 19.0. The molecular weight excluding hydrogens is 344 g/mol. The van der Waals surface area contributed by atoms with E-state index in [0.29, 0.717) is 17.6 Å². The summed E-state index contributed by atoms with van der Waals surface area (Å²) in [4.78, 5) is 43.2. The van der Waals surface area contributed by atoms with Gasteiger partial charge in [-0.15, -0.1) is 0 Å². The van der Waals surface area contributed by atoms with E-state index in [1.165, 1.54) is 0 Å². The van der Waals surface area contributed by atoms with E-state index < -0.39 is 17.5 Å². The lowest BCUT2D eigenvalue weighted by atomic mass is 9.73. The number of hydrogen-bond donors (Lipinski definition) is 2. The van der Waals surface area contributed by atoms with E-state index in [1.807, 2.05) is 31.2 Å². The average Bonchev–Trinajstić information content (AvgIpc) is 2.89. The van der Waals surface area contributed by atoms with Crippen molar-refractivity contribution in [3.63, 3.8) is 0 Å². The van der Waals surface area contributed by atoms with Crippen molar-refractivity contribution < 1.29 is 14.4 Å². The number of amides is 4. The number of hydrogen-bond acceptors (Lipinski definition) is 4. The Morgan fingerprint density at radius 3 is 2.93 bits per heavy atom. The van der Waals surface area contributed by atoms with Gasteiger partial charge in [-0.2, -0.15) is 0 Å². The molecule has 0 unspecified atom stereocenters. The maximum atomic E-state index is 13.0. The van der Waals surface area contributed by atoms with Gasteiger partial charge in [0.2, 0.25) is 5.91 Å². The van der Waals surface area contributed by atoms with Crippen LogP contribution in [-0.2, 0) is 9.59 Å². The number of aromatic nitrogens is 1. The number of rotatable bonds is 3. The second-order valence-corrected chi connectivity index (χ2v) is 7.37. The number of nitrogens with one attached hydrogen (secondary N) is 2. The summed E-state index contributed by atoms with van der Waals surface area (Å²) >= 11 is 0. The van der Waals surface area contributed by atoms with Crippen LogP contribution in [0.25, 0.3) is 10.9 Å². The van der Waals surface area contributed by atoms with Crippen LogP contribution >= 0.6 is 0 Å². The zero-order valence-electron chi connectivity index (χ0n) is 15.2. The summed E-state index contributed by atoms with van der Waals surface area (Å²) in [7, 11) is 0. The van der Waals surface area contributed by atoms with E-state index in [4.69, 9.17) is 0 Å². The molecule has 1 aromatic carbocycles. The Morgan fingerprint density at radius 2 is 2.11 bits per heavy atom. The molecule has 4 rings (SSSR count). The fourth-order valence-corrected chi connectivity index (χ4v) is 4.18. The minimum atomic E-state index is -0.851. The van der Waals surface area contributed by atoms with Gasteiger partial charge in [0.1, 0.15) is 12.1 Å². The molecule has 2 atom stereocenters. The fourth-order valence-electron chi connectivity index (χ4n) is 4.18. The summed E-state index contributed by atoms with van der Waals surface area (Å²) in [6.07, 6.45) is 5.14. The number of para-hydroxylation sites is 1. The maximum Gasteiger partial charge on any atom is 0.325 e. The summed E-state index contributed by atoms with van der Waals surface area (Å²) in [6, 6.07) is 8.73. The molecule has 1 saturated heterocycles. The lowest BCUT2D eigenvalue weighted by Crippen LogP contribution is -2.54. The number of fused-ring (bicyclic) bond motifs is 1. The SMILES string of the molecule is C[C@H]1CCCC[C@@]12NC(=O)N(CC(=O)Nc1cccc3cccnc13)C2=O. The van der Waals surface area contributed by atoms with Crippen molar-refractivity contribution in [2.45, 2.75) is 38.1 Å². The first-order valence-corrected chi connectivity index (χ1v) is 9.29. The predicted molar refractivity (Wildman–Crippen MR) is 101 cm³/mol. The number of pyridine rings is 1. The highest BCUT2D eigenvalue weighted by Gasteiger charge is 2.55. The van der Waals surface area contributed by atoms with Crippen molar-refractivity contribution in [2.24, 2.45) is 5.92 Å². The molecule has 4 amide bonds. The Hall–Kier alpha value is -2.96. The first-order valence-electron chi connectivity index (χ1n) is 9.29. The Balaban J connectivity index is 1.51. The number of carbonyl (C=O) groups excluding carboxylic acids is 3. The number of anilines is 1. The van der Waals surface area contributed by atoms with Crippen LogP contribution in [0.2, 0.25) is 0 Å². The van der Waals surface area contributed by atoms with Gasteiger partial charge in [-0.05, 0) is 30.9 Å². The molecule has 1 aromatic heterocycles. The highest BCUT2D eigenvalue weighted by molar-refractivity contribution is 6.11. The average molecular weight is 366 g/mol. The van der Waals surface area contributed by atoms with Crippen molar-refractivity contribution in [3.05, 3.63) is 36.5 Å². The molecule has 2 aliphatic rings. The van der Waals surface area contributed by atoms with Crippen LogP contribution in [0, 0.1) is 5.92 Å². The Labute approximate surface area is 157 Å². The monoisotopic (exact) mass is 366 g/mol. The first kappa shape index (κ1) is 17.5. The summed E-state index contributed by atoms with van der Waals surface area (Å²) in [5.74, 6) is -0.638. The molecular formula is C20H22N4O3. The van der Waals surface area contributed by atoms with Crippen molar-refractivity contribution in [1.82, 2.24) is 15.2 Å². The van der Waals surface area contributed by atoms with Crippen LogP contribution in [0.3, 0.4) is 0 Å². The summed E-state index contributed by atoms with van der Waals surface area (Å²) in [6.45, 7) is 1.69. The summed E-state index contributed by atoms with van der Waals surface area (Å²) in [5, 5.41) is 6.55. The summed E-state index contributed by atoms with van der Waals surface area (Å²) in [5.41, 5.74) is 0.380. The largest absolute Gasteiger partial charge is 0.325 e. The van der Waals surface area contributed by atoms with E-state index in [9.17, 15) is 14.4 Å². The summed E-state index contributed by atoms with van der Waals surface area (Å²) < 4.78 is 0. The second kappa shape index (κ2) is 6.64. The Kier molecular flexibility index (Phi) is 4.30. The molecule has 7 nitrogen and oxygen atoms in total. The van der Waals surface area contributed by atoms with E-state index >= 15 is 0 Å². The first-order chi connectivity index (χ1) is 13.0. The highest BCUT2D eigenvalue weighted by Crippen LogP contribution is 2.38. The number of nitrogens with zero attached hydrogens (tertiary/aromatic N) is 2. The molecule has 2 N–H and O–H groups in total. The molecule has 2 heterocycles. The Bertz CT molecular complexity index is 923. The van der Waals surface area contributed by atoms with Gasteiger partial charge in [-0.3, -0.25) is 19.5 Å². The molecule has 27 heavy (non-hydrogen) atoms. The van der Waals surface area contributed by atoms with Gasteiger partial charge in [0.05, 0.1) is 11.2 Å². The van der Waals surface area contributed by atoms with Gasteiger partial charge >= 0.3 is 6.03 Å². The Morgan fingerprint density at radius 1 is 1.30 bits per heavy atom. The highest BCUT2D eigenvalue weighted by atomic mass is 16.2. The predicted octanol–water partition coefficient (Wildman–Crippen LogP) is 2.67. The molecule has 0 bridgehead atoms. The lowest BCUT2D eigenvalue weighted by molar-refractivity contribution is -0.136. The van der Waals surface area contributed by atoms with Crippen molar-refractivity contribution >= 4 is 34.4 Å². The number of carbonyl (C=O) groups is 3. The molecule has 1 aliphatic carbocycles. The van der Waals surface area contributed by atoms with Gasteiger partial charge in [0, 0.05) is 11.6 Å². The van der Waals surface area contributed by atoms with Crippen molar-refractivity contribution in [3.8, 4) is 0 Å². The molecule has 0 radical (unpaired) electrons. The van der Waals surface area contributed by atoms with Crippen LogP contribution in [0.1, 0.15) is 32.6 Å². The molecule has 1 spiro atoms. The van der Waals surface area contributed by atoms with Gasteiger partial charge in [0.15, 0.2) is 0 Å². The minimum absolute atomic E-state index is 0.0676. The standard InChI is InChI=1S/C20H22N4O3/c1-13-6-2-3-10-20(13)18(26)24(19(27)23-20)12-16(25)22-15-9-4-7-14-8-5-11-21-17(14)15/h4-5,7-9,11,13H,2-3,6,10,12H2,1H3,(H,22,25)(H,23,27)/t13-,20+/m0/s1. The van der Waals surface area contributed by atoms with E-state index in [2.05, 4.69) is 15.6 Å². The van der Waals surface area contributed by atoms with Gasteiger partial charge in [-0.1, -0.05) is 38.0 Å². The lowest BCUT2D eigenvalue weighted by Gasteiger charge is -2.36. The van der Waals surface area contributed by atoms with Gasteiger partial charge in [-0.25, -0.2) is 4.79 Å². The molecule has 2 aromatic rings. The van der Waals surface area contributed by atoms with E-state index in [0.717, 1.165) is 29.5 Å². The molecule has 140 valence electrons. The molecule has 2 fully saturated rings. The molecule has 1 aliphatic heterocycles. The second-order valence-electron chi connectivity index (χ2n) is 7.37. The van der Waals surface area contributed by atoms with Gasteiger partial charge < -0.3 is 10.6 Å². The zero-order valence-corrected chi connectivity index (χ0v) is 15.2. The van der Waals surface area contributed by atoms with Crippen LogP contribution in [-0.4, -0.2) is 39.8 Å². The third-order valence-corrected chi connectivity index (χ3v) is 5.71. The smallest absolute Gasteiger partial charge is 0.323 e. The number of benzene rings is 1. The van der Waals surface area contributed by atoms with Crippen LogP contribution in [0.5, 0.6) is 0 Å². The molecule has 1 saturated carbocycles. The van der Waals surface area contributed by atoms with Crippen LogP contribution < -0.4 is 10.6 Å². The van der Waals surface area contributed by atoms with Crippen molar-refractivity contribution in [1.29, 1.82) is 0 Å². The number of imide groups is 1. The molecule has 7 heteroatoms. The fraction of sp³-hybridized carbons (Fsp3) is 0.400. The van der Waals surface area contributed by atoms with E-state index in [1.54, 1.807) is 12.3 Å². The maximum absolute atomic E-state index is 13.0. The normalized spacial score (nSPS) is 25.1.